The molecule has 0 radical (unpaired) electrons. The Morgan fingerprint density at radius 2 is 2.31 bits per heavy atom. The van der Waals surface area contributed by atoms with E-state index in [-0.39, 0.29) is 11.5 Å². The predicted octanol–water partition coefficient (Wildman–Crippen LogP) is 2.52. The van der Waals surface area contributed by atoms with Crippen molar-refractivity contribution < 1.29 is 4.39 Å². The third-order valence-corrected chi connectivity index (χ3v) is 2.34. The normalized spacial score (nSPS) is 9.08. The van der Waals surface area contributed by atoms with E-state index < -0.39 is 0 Å². The van der Waals surface area contributed by atoms with E-state index >= 15 is 0 Å². The molecule has 0 spiro atoms. The van der Waals surface area contributed by atoms with Gasteiger partial charge in [0.2, 0.25) is 0 Å². The fourth-order valence-electron chi connectivity index (χ4n) is 0.789. The Labute approximate surface area is 81.5 Å². The largest absolute Gasteiger partial charge is 0.396 e. The number of nitrogens with two attached hydrogens (primary N) is 1. The molecule has 3 heteroatoms. The highest BCUT2D eigenvalue weighted by atomic mass is 32.2. The minimum Gasteiger partial charge on any atom is -0.396 e. The number of thioether (sulfide) groups is 1. The van der Waals surface area contributed by atoms with Gasteiger partial charge < -0.3 is 5.73 Å². The molecule has 1 rings (SSSR count). The van der Waals surface area contributed by atoms with E-state index in [4.69, 9.17) is 5.73 Å². The lowest BCUT2D eigenvalue weighted by molar-refractivity contribution is 0.629. The Hall–Kier alpha value is -1.14. The van der Waals surface area contributed by atoms with Gasteiger partial charge in [0.15, 0.2) is 0 Å². The predicted molar refractivity (Wildman–Crippen MR) is 55.0 cm³/mol. The number of hydrogen-bond acceptors (Lipinski definition) is 2. The van der Waals surface area contributed by atoms with Crippen LogP contribution in [0, 0.1) is 17.7 Å². The van der Waals surface area contributed by atoms with Gasteiger partial charge in [-0.2, -0.15) is 0 Å². The third kappa shape index (κ3) is 3.00. The molecule has 0 aliphatic heterocycles. The highest BCUT2D eigenvalue weighted by molar-refractivity contribution is 7.99. The lowest BCUT2D eigenvalue weighted by Crippen LogP contribution is -1.89. The lowest BCUT2D eigenvalue weighted by Gasteiger charge is -1.99. The standard InChI is InChI=1S/C10H10FNS/c1-2-3-6-13-8-4-5-10(12)9(11)7-8/h4-5,7H,6,12H2,1H3. The van der Waals surface area contributed by atoms with Crippen LogP contribution in [0.1, 0.15) is 6.92 Å². The maximum atomic E-state index is 12.9. The van der Waals surface area contributed by atoms with Crippen LogP contribution in [0.2, 0.25) is 0 Å². The van der Waals surface area contributed by atoms with Crippen molar-refractivity contribution in [1.29, 1.82) is 0 Å². The van der Waals surface area contributed by atoms with Crippen molar-refractivity contribution in [3.05, 3.63) is 24.0 Å². The monoisotopic (exact) mass is 195 g/mol. The van der Waals surface area contributed by atoms with Gasteiger partial charge in [-0.15, -0.1) is 17.7 Å². The molecule has 0 aliphatic rings. The second-order valence-electron chi connectivity index (χ2n) is 2.40. The molecule has 0 aliphatic carbocycles. The Kier molecular flexibility index (Phi) is 3.66. The molecule has 13 heavy (non-hydrogen) atoms. The molecule has 1 aromatic carbocycles. The van der Waals surface area contributed by atoms with E-state index in [2.05, 4.69) is 11.8 Å². The molecule has 2 N–H and O–H groups in total. The third-order valence-electron chi connectivity index (χ3n) is 1.46. The van der Waals surface area contributed by atoms with Crippen LogP contribution in [0.25, 0.3) is 0 Å². The fraction of sp³-hybridized carbons (Fsp3) is 0.200. The second kappa shape index (κ2) is 4.78. The SMILES string of the molecule is CC#CCSc1ccc(N)c(F)c1. The van der Waals surface area contributed by atoms with Crippen LogP contribution < -0.4 is 5.73 Å². The molecular formula is C10H10FNS. The van der Waals surface area contributed by atoms with E-state index in [0.29, 0.717) is 5.75 Å². The van der Waals surface area contributed by atoms with Crippen molar-refractivity contribution in [2.24, 2.45) is 0 Å². The Bertz CT molecular complexity index is 352. The van der Waals surface area contributed by atoms with Crippen molar-refractivity contribution in [2.45, 2.75) is 11.8 Å². The molecule has 0 heterocycles. The Balaban J connectivity index is 2.66. The first-order valence-electron chi connectivity index (χ1n) is 3.81. The molecule has 0 fully saturated rings. The van der Waals surface area contributed by atoms with E-state index in [0.717, 1.165) is 4.90 Å². The van der Waals surface area contributed by atoms with Gasteiger partial charge in [0, 0.05) is 4.90 Å². The van der Waals surface area contributed by atoms with Gasteiger partial charge in [-0.1, -0.05) is 5.92 Å². The molecule has 0 amide bonds. The highest BCUT2D eigenvalue weighted by Gasteiger charge is 1.98. The Morgan fingerprint density at radius 3 is 2.92 bits per heavy atom. The van der Waals surface area contributed by atoms with Crippen molar-refractivity contribution >= 4 is 17.4 Å². The maximum Gasteiger partial charge on any atom is 0.147 e. The average Bonchev–Trinajstić information content (AvgIpc) is 2.12. The zero-order chi connectivity index (χ0) is 9.68. The minimum atomic E-state index is -0.366. The summed E-state index contributed by atoms with van der Waals surface area (Å²) in [6.07, 6.45) is 0. The summed E-state index contributed by atoms with van der Waals surface area (Å²) >= 11 is 1.50. The van der Waals surface area contributed by atoms with Crippen LogP contribution in [0.15, 0.2) is 23.1 Å². The molecule has 0 atom stereocenters. The van der Waals surface area contributed by atoms with Crippen LogP contribution in [-0.4, -0.2) is 5.75 Å². The summed E-state index contributed by atoms with van der Waals surface area (Å²) in [5, 5.41) is 0. The van der Waals surface area contributed by atoms with Crippen LogP contribution in [0.5, 0.6) is 0 Å². The summed E-state index contributed by atoms with van der Waals surface area (Å²) in [7, 11) is 0. The van der Waals surface area contributed by atoms with Crippen LogP contribution >= 0.6 is 11.8 Å². The molecule has 0 saturated heterocycles. The summed E-state index contributed by atoms with van der Waals surface area (Å²) in [6.45, 7) is 1.78. The van der Waals surface area contributed by atoms with E-state index in [1.165, 1.54) is 17.8 Å². The van der Waals surface area contributed by atoms with Gasteiger partial charge in [-0.05, 0) is 25.1 Å². The number of benzene rings is 1. The van der Waals surface area contributed by atoms with Gasteiger partial charge in [-0.3, -0.25) is 0 Å². The summed E-state index contributed by atoms with van der Waals surface area (Å²) in [4.78, 5) is 0.856. The maximum absolute atomic E-state index is 12.9. The van der Waals surface area contributed by atoms with Crippen LogP contribution in [-0.2, 0) is 0 Å². The molecule has 1 aromatic rings. The quantitative estimate of drug-likeness (QED) is 0.446. The average molecular weight is 195 g/mol. The molecule has 1 nitrogen and oxygen atoms in total. The molecule has 0 aromatic heterocycles. The van der Waals surface area contributed by atoms with Gasteiger partial charge in [0.25, 0.3) is 0 Å². The summed E-state index contributed by atoms with van der Waals surface area (Å²) < 4.78 is 12.9. The summed E-state index contributed by atoms with van der Waals surface area (Å²) in [5.41, 5.74) is 5.52. The highest BCUT2D eigenvalue weighted by Crippen LogP contribution is 2.21. The second-order valence-corrected chi connectivity index (χ2v) is 3.45. The van der Waals surface area contributed by atoms with Gasteiger partial charge in [-0.25, -0.2) is 4.39 Å². The molecular weight excluding hydrogens is 185 g/mol. The van der Waals surface area contributed by atoms with Crippen molar-refractivity contribution in [3.8, 4) is 11.8 Å². The Morgan fingerprint density at radius 1 is 1.54 bits per heavy atom. The molecule has 68 valence electrons. The van der Waals surface area contributed by atoms with E-state index in [1.54, 1.807) is 19.1 Å². The first-order valence-corrected chi connectivity index (χ1v) is 4.80. The van der Waals surface area contributed by atoms with E-state index in [1.807, 2.05) is 0 Å². The lowest BCUT2D eigenvalue weighted by atomic mass is 10.3. The number of nitrogen functional groups attached to an aromatic ring is 1. The number of halogens is 1. The molecule has 0 bridgehead atoms. The van der Waals surface area contributed by atoms with Crippen molar-refractivity contribution in [2.75, 3.05) is 11.5 Å². The molecule has 0 saturated carbocycles. The number of rotatable bonds is 2. The number of anilines is 1. The first-order chi connectivity index (χ1) is 6.24. The smallest absolute Gasteiger partial charge is 0.147 e. The van der Waals surface area contributed by atoms with Crippen molar-refractivity contribution in [1.82, 2.24) is 0 Å². The van der Waals surface area contributed by atoms with Gasteiger partial charge in [0.05, 0.1) is 11.4 Å². The first kappa shape index (κ1) is 9.94. The van der Waals surface area contributed by atoms with E-state index in [9.17, 15) is 4.39 Å². The van der Waals surface area contributed by atoms with Gasteiger partial charge >= 0.3 is 0 Å². The minimum absolute atomic E-state index is 0.186. The fourth-order valence-corrected chi connectivity index (χ4v) is 1.52. The molecule has 0 unspecified atom stereocenters. The zero-order valence-electron chi connectivity index (χ0n) is 7.30. The number of hydrogen-bond donors (Lipinski definition) is 1. The van der Waals surface area contributed by atoms with Crippen molar-refractivity contribution in [3.63, 3.8) is 0 Å². The van der Waals surface area contributed by atoms with Crippen LogP contribution in [0.4, 0.5) is 10.1 Å². The summed E-state index contributed by atoms with van der Waals surface area (Å²) in [5.74, 6) is 5.98. The topological polar surface area (TPSA) is 26.0 Å². The summed E-state index contributed by atoms with van der Waals surface area (Å²) in [6, 6.07) is 4.79. The van der Waals surface area contributed by atoms with Crippen LogP contribution in [0.3, 0.4) is 0 Å². The van der Waals surface area contributed by atoms with Gasteiger partial charge in [0.1, 0.15) is 5.82 Å². The zero-order valence-corrected chi connectivity index (χ0v) is 8.12.